The van der Waals surface area contributed by atoms with Gasteiger partial charge in [-0.15, -0.1) is 12.4 Å². The van der Waals surface area contributed by atoms with E-state index in [-0.39, 0.29) is 12.4 Å². The Morgan fingerprint density at radius 2 is 2.17 bits per heavy atom. The van der Waals surface area contributed by atoms with Gasteiger partial charge in [0.15, 0.2) is 0 Å². The van der Waals surface area contributed by atoms with Crippen LogP contribution in [0.15, 0.2) is 29.1 Å². The fourth-order valence-electron chi connectivity index (χ4n) is 2.58. The number of hydrogen-bond acceptors (Lipinski definition) is 3. The summed E-state index contributed by atoms with van der Waals surface area (Å²) in [5.74, 6) is 0.440. The Kier molecular flexibility index (Phi) is 3.83. The minimum atomic E-state index is 0. The molecule has 4 heteroatoms. The number of aryl methyl sites for hydroxylation is 1. The molecule has 18 heavy (non-hydrogen) atoms. The molecule has 1 aliphatic rings. The van der Waals surface area contributed by atoms with Gasteiger partial charge in [0.05, 0.1) is 5.69 Å². The van der Waals surface area contributed by atoms with E-state index in [0.29, 0.717) is 5.92 Å². The van der Waals surface area contributed by atoms with Gasteiger partial charge in [0.2, 0.25) is 0 Å². The zero-order valence-corrected chi connectivity index (χ0v) is 11.8. The van der Waals surface area contributed by atoms with Crippen LogP contribution in [0.1, 0.15) is 34.7 Å². The Morgan fingerprint density at radius 1 is 1.33 bits per heavy atom. The molecule has 94 valence electrons. The molecule has 0 amide bonds. The molecular weight excluding hydrogens is 264 g/mol. The highest BCUT2D eigenvalue weighted by Gasteiger charge is 2.26. The van der Waals surface area contributed by atoms with Crippen LogP contribution in [-0.4, -0.2) is 10.7 Å². The highest BCUT2D eigenvalue weighted by Crippen LogP contribution is 2.33. The molecule has 0 aliphatic heterocycles. The number of rotatable bonds is 1. The van der Waals surface area contributed by atoms with E-state index >= 15 is 0 Å². The maximum absolute atomic E-state index is 8.21. The van der Waals surface area contributed by atoms with Crippen LogP contribution in [-0.2, 0) is 6.42 Å². The average Bonchev–Trinajstić information content (AvgIpc) is 2.81. The van der Waals surface area contributed by atoms with Crippen molar-refractivity contribution in [3.8, 4) is 0 Å². The second-order valence-corrected chi connectivity index (χ2v) is 5.37. The van der Waals surface area contributed by atoms with Gasteiger partial charge in [-0.3, -0.25) is 4.98 Å². The van der Waals surface area contributed by atoms with Gasteiger partial charge in [-0.2, -0.15) is 11.3 Å². The monoisotopic (exact) mass is 278 g/mol. The van der Waals surface area contributed by atoms with Gasteiger partial charge in [0.25, 0.3) is 0 Å². The molecule has 0 saturated heterocycles. The van der Waals surface area contributed by atoms with Gasteiger partial charge < -0.3 is 5.41 Å². The minimum absolute atomic E-state index is 0. The van der Waals surface area contributed by atoms with Gasteiger partial charge >= 0.3 is 0 Å². The predicted molar refractivity (Wildman–Crippen MR) is 78.4 cm³/mol. The smallest absolute Gasteiger partial charge is 0.0502 e. The Labute approximate surface area is 117 Å². The summed E-state index contributed by atoms with van der Waals surface area (Å²) in [7, 11) is 0. The van der Waals surface area contributed by atoms with Crippen LogP contribution in [0.25, 0.3) is 0 Å². The summed E-state index contributed by atoms with van der Waals surface area (Å²) in [6.07, 6.45) is 3.67. The number of halogens is 1. The van der Waals surface area contributed by atoms with E-state index in [0.717, 1.165) is 29.8 Å². The molecule has 0 aromatic carbocycles. The van der Waals surface area contributed by atoms with E-state index in [2.05, 4.69) is 28.7 Å². The third-order valence-corrected chi connectivity index (χ3v) is 4.15. The quantitative estimate of drug-likeness (QED) is 0.842. The maximum Gasteiger partial charge on any atom is 0.0502 e. The van der Waals surface area contributed by atoms with Crippen molar-refractivity contribution in [3.05, 3.63) is 51.5 Å². The fraction of sp³-hybridized carbons (Fsp3) is 0.286. The first-order chi connectivity index (χ1) is 8.25. The molecule has 2 aromatic rings. The number of fused-ring (bicyclic) bond motifs is 1. The molecule has 2 heterocycles. The lowest BCUT2D eigenvalue weighted by Crippen LogP contribution is -2.20. The van der Waals surface area contributed by atoms with E-state index in [9.17, 15) is 0 Å². The molecule has 1 atom stereocenters. The number of nitrogens with one attached hydrogen (secondary N) is 1. The molecule has 2 nitrogen and oxygen atoms in total. The zero-order valence-electron chi connectivity index (χ0n) is 10.1. The maximum atomic E-state index is 8.21. The average molecular weight is 279 g/mol. The highest BCUT2D eigenvalue weighted by molar-refractivity contribution is 7.08. The molecule has 0 fully saturated rings. The van der Waals surface area contributed by atoms with Crippen molar-refractivity contribution in [1.29, 1.82) is 5.41 Å². The Morgan fingerprint density at radius 3 is 2.89 bits per heavy atom. The minimum Gasteiger partial charge on any atom is -0.305 e. The molecule has 1 aliphatic carbocycles. The SMILES string of the molecule is Cc1ccnc2c1C(=N)CC(c1ccsc1)C2.Cl. The van der Waals surface area contributed by atoms with Crippen molar-refractivity contribution in [2.75, 3.05) is 0 Å². The van der Waals surface area contributed by atoms with Gasteiger partial charge in [-0.25, -0.2) is 0 Å². The Hall–Kier alpha value is -1.19. The van der Waals surface area contributed by atoms with Crippen LogP contribution in [0, 0.1) is 12.3 Å². The largest absolute Gasteiger partial charge is 0.305 e. The number of aromatic nitrogens is 1. The number of thiophene rings is 1. The van der Waals surface area contributed by atoms with E-state index in [4.69, 9.17) is 5.41 Å². The van der Waals surface area contributed by atoms with E-state index in [1.165, 1.54) is 11.1 Å². The lowest BCUT2D eigenvalue weighted by Gasteiger charge is -2.25. The number of pyridine rings is 1. The molecular formula is C14H15ClN2S. The van der Waals surface area contributed by atoms with Gasteiger partial charge in [-0.1, -0.05) is 0 Å². The first-order valence-corrected chi connectivity index (χ1v) is 6.74. The summed E-state index contributed by atoms with van der Waals surface area (Å²) in [6, 6.07) is 4.17. The Balaban J connectivity index is 0.00000120. The number of nitrogens with zero attached hydrogens (tertiary/aromatic N) is 1. The molecule has 1 unspecified atom stereocenters. The molecule has 0 radical (unpaired) electrons. The molecule has 3 rings (SSSR count). The van der Waals surface area contributed by atoms with Crippen LogP contribution in [0.3, 0.4) is 0 Å². The van der Waals surface area contributed by atoms with Crippen molar-refractivity contribution in [2.45, 2.75) is 25.7 Å². The standard InChI is InChI=1S/C14H14N2S.ClH/c1-9-2-4-16-13-7-11(6-12(15)14(9)13)10-3-5-17-8-10;/h2-5,8,11,15H,6-7H2,1H3;1H. The van der Waals surface area contributed by atoms with Crippen LogP contribution >= 0.6 is 23.7 Å². The van der Waals surface area contributed by atoms with E-state index in [1.54, 1.807) is 11.3 Å². The normalized spacial score (nSPS) is 18.1. The van der Waals surface area contributed by atoms with Crippen molar-refractivity contribution in [1.82, 2.24) is 4.98 Å². The topological polar surface area (TPSA) is 36.7 Å². The molecule has 1 N–H and O–H groups in total. The van der Waals surface area contributed by atoms with Gasteiger partial charge in [0.1, 0.15) is 0 Å². The van der Waals surface area contributed by atoms with E-state index < -0.39 is 0 Å². The molecule has 2 aromatic heterocycles. The summed E-state index contributed by atoms with van der Waals surface area (Å²) in [6.45, 7) is 2.07. The lowest BCUT2D eigenvalue weighted by atomic mass is 9.81. The van der Waals surface area contributed by atoms with Crippen molar-refractivity contribution in [2.24, 2.45) is 0 Å². The van der Waals surface area contributed by atoms with Crippen LogP contribution in [0.4, 0.5) is 0 Å². The van der Waals surface area contributed by atoms with Gasteiger partial charge in [0, 0.05) is 17.5 Å². The van der Waals surface area contributed by atoms with Gasteiger partial charge in [-0.05, 0) is 59.7 Å². The lowest BCUT2D eigenvalue weighted by molar-refractivity contribution is 0.679. The third-order valence-electron chi connectivity index (χ3n) is 3.44. The fourth-order valence-corrected chi connectivity index (χ4v) is 3.32. The first-order valence-electron chi connectivity index (χ1n) is 5.80. The van der Waals surface area contributed by atoms with E-state index in [1.807, 2.05) is 12.3 Å². The summed E-state index contributed by atoms with van der Waals surface area (Å²) in [5, 5.41) is 12.5. The molecule has 0 bridgehead atoms. The highest BCUT2D eigenvalue weighted by atomic mass is 35.5. The second kappa shape index (κ2) is 5.21. The van der Waals surface area contributed by atoms with Crippen molar-refractivity contribution in [3.63, 3.8) is 0 Å². The first kappa shape index (κ1) is 13.2. The summed E-state index contributed by atoms with van der Waals surface area (Å²) in [5.41, 5.74) is 5.46. The van der Waals surface area contributed by atoms with Crippen LogP contribution in [0.5, 0.6) is 0 Å². The Bertz CT molecular complexity index is 563. The summed E-state index contributed by atoms with van der Waals surface area (Å²) in [4.78, 5) is 4.45. The summed E-state index contributed by atoms with van der Waals surface area (Å²) >= 11 is 1.73. The number of hydrogen-bond donors (Lipinski definition) is 1. The molecule has 0 spiro atoms. The zero-order chi connectivity index (χ0) is 11.8. The summed E-state index contributed by atoms with van der Waals surface area (Å²) < 4.78 is 0. The van der Waals surface area contributed by atoms with Crippen LogP contribution in [0.2, 0.25) is 0 Å². The van der Waals surface area contributed by atoms with Crippen molar-refractivity contribution >= 4 is 29.5 Å². The predicted octanol–water partition coefficient (Wildman–Crippen LogP) is 3.97. The second-order valence-electron chi connectivity index (χ2n) is 4.59. The third kappa shape index (κ3) is 2.20. The van der Waals surface area contributed by atoms with Crippen LogP contribution < -0.4 is 0 Å². The molecule has 0 saturated carbocycles. The van der Waals surface area contributed by atoms with Crippen molar-refractivity contribution < 1.29 is 0 Å².